The number of methoxy groups -OCH3 is 1. The highest BCUT2D eigenvalue weighted by molar-refractivity contribution is 5.87. The lowest BCUT2D eigenvalue weighted by atomic mass is 9.84. The number of hydrogen-bond donors (Lipinski definition) is 0. The molecule has 4 nitrogen and oxygen atoms in total. The summed E-state index contributed by atoms with van der Waals surface area (Å²) in [5, 5.41) is 0. The third-order valence-electron chi connectivity index (χ3n) is 2.68. The van der Waals surface area contributed by atoms with Crippen LogP contribution in [0.4, 0.5) is 0 Å². The van der Waals surface area contributed by atoms with E-state index in [2.05, 4.69) is 11.7 Å². The molecule has 1 aliphatic rings. The summed E-state index contributed by atoms with van der Waals surface area (Å²) < 4.78 is 15.2. The van der Waals surface area contributed by atoms with Crippen LogP contribution in [0, 0.1) is 5.41 Å². The zero-order valence-corrected chi connectivity index (χ0v) is 9.54. The molecule has 0 aromatic heterocycles. The number of hydrogen-bond acceptors (Lipinski definition) is 4. The molecule has 0 saturated carbocycles. The third kappa shape index (κ3) is 3.04. The summed E-state index contributed by atoms with van der Waals surface area (Å²) in [4.78, 5) is 11.3. The predicted molar refractivity (Wildman–Crippen MR) is 55.3 cm³/mol. The highest BCUT2D eigenvalue weighted by Gasteiger charge is 2.30. The highest BCUT2D eigenvalue weighted by atomic mass is 16.7. The van der Waals surface area contributed by atoms with Gasteiger partial charge in [-0.15, -0.1) is 0 Å². The zero-order chi connectivity index (χ0) is 11.3. The predicted octanol–water partition coefficient (Wildman–Crippen LogP) is 1.51. The fourth-order valence-electron chi connectivity index (χ4n) is 1.66. The normalized spacial score (nSPS) is 21.1. The van der Waals surface area contributed by atoms with Crippen molar-refractivity contribution in [3.05, 3.63) is 11.6 Å². The standard InChI is InChI=1S/C11H18O4/c1-4-11(6-14-8-15-7-11)5-9(2)10(12)13-3/h5H,4,6-8H2,1-3H3. The molecule has 0 atom stereocenters. The van der Waals surface area contributed by atoms with E-state index in [1.807, 2.05) is 6.08 Å². The Bertz CT molecular complexity index is 251. The lowest BCUT2D eigenvalue weighted by Gasteiger charge is -2.33. The SMILES string of the molecule is CCC1(C=C(C)C(=O)OC)COCOC1. The smallest absolute Gasteiger partial charge is 0.333 e. The Kier molecular flexibility index (Phi) is 4.29. The van der Waals surface area contributed by atoms with Crippen LogP contribution in [0.15, 0.2) is 11.6 Å². The van der Waals surface area contributed by atoms with Gasteiger partial charge in [-0.25, -0.2) is 4.79 Å². The maximum absolute atomic E-state index is 11.3. The average molecular weight is 214 g/mol. The highest BCUT2D eigenvalue weighted by Crippen LogP contribution is 2.29. The lowest BCUT2D eigenvalue weighted by molar-refractivity contribution is -0.151. The van der Waals surface area contributed by atoms with E-state index in [1.165, 1.54) is 7.11 Å². The van der Waals surface area contributed by atoms with Crippen molar-refractivity contribution >= 4 is 5.97 Å². The van der Waals surface area contributed by atoms with Crippen molar-refractivity contribution in [1.82, 2.24) is 0 Å². The third-order valence-corrected chi connectivity index (χ3v) is 2.68. The van der Waals surface area contributed by atoms with Gasteiger partial charge in [-0.1, -0.05) is 13.0 Å². The van der Waals surface area contributed by atoms with Gasteiger partial charge in [-0.2, -0.15) is 0 Å². The minimum atomic E-state index is -0.298. The molecule has 0 aromatic rings. The van der Waals surface area contributed by atoms with Crippen molar-refractivity contribution in [3.8, 4) is 0 Å². The molecule has 1 aliphatic heterocycles. The molecule has 1 saturated heterocycles. The maximum atomic E-state index is 11.3. The van der Waals surface area contributed by atoms with Gasteiger partial charge in [0, 0.05) is 11.0 Å². The minimum absolute atomic E-state index is 0.184. The van der Waals surface area contributed by atoms with Gasteiger partial charge in [0.25, 0.3) is 0 Å². The Morgan fingerprint density at radius 1 is 1.47 bits per heavy atom. The van der Waals surface area contributed by atoms with Crippen LogP contribution in [-0.4, -0.2) is 33.1 Å². The first kappa shape index (κ1) is 12.2. The number of rotatable bonds is 3. The van der Waals surface area contributed by atoms with Crippen LogP contribution >= 0.6 is 0 Å². The molecule has 0 unspecified atom stereocenters. The Morgan fingerprint density at radius 2 is 2.07 bits per heavy atom. The summed E-state index contributed by atoms with van der Waals surface area (Å²) >= 11 is 0. The summed E-state index contributed by atoms with van der Waals surface area (Å²) in [7, 11) is 1.38. The van der Waals surface area contributed by atoms with Crippen molar-refractivity contribution in [3.63, 3.8) is 0 Å². The molecule has 15 heavy (non-hydrogen) atoms. The Labute approximate surface area is 90.2 Å². The van der Waals surface area contributed by atoms with Crippen LogP contribution in [-0.2, 0) is 19.0 Å². The second-order valence-electron chi connectivity index (χ2n) is 3.85. The van der Waals surface area contributed by atoms with E-state index < -0.39 is 0 Å². The van der Waals surface area contributed by atoms with Crippen LogP contribution in [0.3, 0.4) is 0 Å². The van der Waals surface area contributed by atoms with Crippen molar-refractivity contribution in [1.29, 1.82) is 0 Å². The van der Waals surface area contributed by atoms with E-state index in [0.717, 1.165) is 6.42 Å². The van der Waals surface area contributed by atoms with Gasteiger partial charge in [-0.05, 0) is 13.3 Å². The van der Waals surface area contributed by atoms with E-state index in [4.69, 9.17) is 9.47 Å². The number of esters is 1. The van der Waals surface area contributed by atoms with E-state index in [9.17, 15) is 4.79 Å². The van der Waals surface area contributed by atoms with Gasteiger partial charge in [-0.3, -0.25) is 0 Å². The van der Waals surface area contributed by atoms with Crippen molar-refractivity contribution in [2.24, 2.45) is 5.41 Å². The second kappa shape index (κ2) is 5.28. The van der Waals surface area contributed by atoms with Crippen LogP contribution in [0.2, 0.25) is 0 Å². The largest absolute Gasteiger partial charge is 0.466 e. The second-order valence-corrected chi connectivity index (χ2v) is 3.85. The van der Waals surface area contributed by atoms with Crippen LogP contribution in [0.1, 0.15) is 20.3 Å². The molecule has 0 N–H and O–H groups in total. The van der Waals surface area contributed by atoms with Crippen LogP contribution < -0.4 is 0 Å². The first-order valence-electron chi connectivity index (χ1n) is 5.07. The molecule has 4 heteroatoms. The summed E-state index contributed by atoms with van der Waals surface area (Å²) in [5.41, 5.74) is 0.421. The van der Waals surface area contributed by atoms with Crippen LogP contribution in [0.25, 0.3) is 0 Å². The zero-order valence-electron chi connectivity index (χ0n) is 9.54. The maximum Gasteiger partial charge on any atom is 0.333 e. The molecule has 86 valence electrons. The van der Waals surface area contributed by atoms with Gasteiger partial charge in [0.2, 0.25) is 0 Å². The molecule has 0 radical (unpaired) electrons. The van der Waals surface area contributed by atoms with Gasteiger partial charge < -0.3 is 14.2 Å². The Balaban J connectivity index is 2.77. The summed E-state index contributed by atoms with van der Waals surface area (Å²) in [6.45, 7) is 5.33. The fourth-order valence-corrected chi connectivity index (χ4v) is 1.66. The van der Waals surface area contributed by atoms with E-state index in [-0.39, 0.29) is 11.4 Å². The van der Waals surface area contributed by atoms with Crippen molar-refractivity contribution in [2.45, 2.75) is 20.3 Å². The minimum Gasteiger partial charge on any atom is -0.466 e. The van der Waals surface area contributed by atoms with Gasteiger partial charge in [0.15, 0.2) is 0 Å². The lowest BCUT2D eigenvalue weighted by Crippen LogP contribution is -2.35. The van der Waals surface area contributed by atoms with E-state index >= 15 is 0 Å². The van der Waals surface area contributed by atoms with Crippen molar-refractivity contribution < 1.29 is 19.0 Å². The summed E-state index contributed by atoms with van der Waals surface area (Å²) in [6.07, 6.45) is 2.78. The number of carbonyl (C=O) groups is 1. The molecule has 0 spiro atoms. The molecule has 0 aromatic carbocycles. The van der Waals surface area contributed by atoms with Gasteiger partial charge in [0.1, 0.15) is 6.79 Å². The quantitative estimate of drug-likeness (QED) is 0.527. The van der Waals surface area contributed by atoms with E-state index in [0.29, 0.717) is 25.6 Å². The van der Waals surface area contributed by atoms with Crippen LogP contribution in [0.5, 0.6) is 0 Å². The van der Waals surface area contributed by atoms with Gasteiger partial charge >= 0.3 is 5.97 Å². The number of carbonyl (C=O) groups excluding carboxylic acids is 1. The summed E-state index contributed by atoms with van der Waals surface area (Å²) in [5.74, 6) is -0.298. The topological polar surface area (TPSA) is 44.8 Å². The summed E-state index contributed by atoms with van der Waals surface area (Å²) in [6, 6.07) is 0. The van der Waals surface area contributed by atoms with Crippen molar-refractivity contribution in [2.75, 3.05) is 27.1 Å². The first-order chi connectivity index (χ1) is 7.13. The van der Waals surface area contributed by atoms with E-state index in [1.54, 1.807) is 6.92 Å². The molecule has 0 aliphatic carbocycles. The first-order valence-corrected chi connectivity index (χ1v) is 5.07. The number of ether oxygens (including phenoxy) is 3. The monoisotopic (exact) mass is 214 g/mol. The molecule has 0 amide bonds. The molecular formula is C11H18O4. The molecule has 0 bridgehead atoms. The Morgan fingerprint density at radius 3 is 2.53 bits per heavy atom. The molecule has 1 heterocycles. The molecule has 1 rings (SSSR count). The Hall–Kier alpha value is -0.870. The average Bonchev–Trinajstić information content (AvgIpc) is 2.29. The molecule has 1 fully saturated rings. The fraction of sp³-hybridized carbons (Fsp3) is 0.727. The van der Waals surface area contributed by atoms with Gasteiger partial charge in [0.05, 0.1) is 20.3 Å². The molecular weight excluding hydrogens is 196 g/mol.